The molecule has 0 aromatic heterocycles. The van der Waals surface area contributed by atoms with Crippen LogP contribution in [0.25, 0.3) is 0 Å². The number of methoxy groups -OCH3 is 2. The van der Waals surface area contributed by atoms with Crippen molar-refractivity contribution in [3.8, 4) is 0 Å². The number of aliphatic hydroxyl groups excluding tert-OH is 1. The van der Waals surface area contributed by atoms with E-state index >= 15 is 0 Å². The van der Waals surface area contributed by atoms with Crippen molar-refractivity contribution in [1.82, 2.24) is 0 Å². The van der Waals surface area contributed by atoms with Crippen LogP contribution in [-0.2, 0) is 38.0 Å². The fraction of sp³-hybridized carbons (Fsp3) is 0.829. The Bertz CT molecular complexity index is 1090. The number of aliphatic hydroxyl groups is 1. The van der Waals surface area contributed by atoms with E-state index in [9.17, 15) is 14.7 Å². The summed E-state index contributed by atoms with van der Waals surface area (Å²) in [7, 11) is 3.32. The van der Waals surface area contributed by atoms with Crippen LogP contribution in [0.2, 0.25) is 0 Å². The summed E-state index contributed by atoms with van der Waals surface area (Å²) in [6.07, 6.45) is 6.23. The number of hydrogen-bond donors (Lipinski definition) is 1. The highest BCUT2D eigenvalue weighted by Gasteiger charge is 2.53. The first kappa shape index (κ1) is 33.7. The lowest BCUT2D eigenvalue weighted by Crippen LogP contribution is -2.60. The Morgan fingerprint density at radius 1 is 0.955 bits per heavy atom. The molecule has 5 aliphatic rings. The SMILES string of the molecule is CCO[C@@H]1[C@@H](OC)[C@H](C)O[C@@H](O[C@H]2C[C@H]3[C@@H]4C=C5C(=O)[C@H](C)[C@@H](O)CCC[C@H](CC)OC(=O)C[C@H]5[C@@H]4C=C(C)[C@@H]3C2)[C@@H]1OC. The van der Waals surface area contributed by atoms with Crippen molar-refractivity contribution >= 4 is 11.8 Å². The molecule has 0 aromatic rings. The Morgan fingerprint density at radius 2 is 1.70 bits per heavy atom. The Morgan fingerprint density at radius 3 is 2.39 bits per heavy atom. The molecule has 44 heavy (non-hydrogen) atoms. The molecule has 0 aromatic carbocycles. The average Bonchev–Trinajstić information content (AvgIpc) is 3.57. The number of ketones is 1. The third kappa shape index (κ3) is 6.60. The van der Waals surface area contributed by atoms with Crippen LogP contribution in [0.15, 0.2) is 23.3 Å². The van der Waals surface area contributed by atoms with E-state index in [1.165, 1.54) is 5.57 Å². The first-order valence-electron chi connectivity index (χ1n) is 16.9. The van der Waals surface area contributed by atoms with Crippen molar-refractivity contribution in [2.75, 3.05) is 20.8 Å². The molecule has 9 heteroatoms. The van der Waals surface area contributed by atoms with E-state index < -0.39 is 24.4 Å². The second kappa shape index (κ2) is 14.4. The first-order valence-corrected chi connectivity index (χ1v) is 16.9. The second-order valence-corrected chi connectivity index (χ2v) is 13.7. The number of ether oxygens (including phenoxy) is 6. The normalized spacial score (nSPS) is 44.8. The van der Waals surface area contributed by atoms with Crippen molar-refractivity contribution in [3.63, 3.8) is 0 Å². The molecule has 3 aliphatic carbocycles. The van der Waals surface area contributed by atoms with Gasteiger partial charge in [0.2, 0.25) is 0 Å². The van der Waals surface area contributed by atoms with Gasteiger partial charge in [-0.05, 0) is 88.5 Å². The molecule has 0 radical (unpaired) electrons. The monoisotopic (exact) mass is 618 g/mol. The van der Waals surface area contributed by atoms with Gasteiger partial charge in [-0.25, -0.2) is 0 Å². The van der Waals surface area contributed by atoms with E-state index in [1.807, 2.05) is 27.7 Å². The number of allylic oxidation sites excluding steroid dienone is 4. The fourth-order valence-electron chi connectivity index (χ4n) is 8.80. The number of carbonyl (C=O) groups is 2. The number of cyclic esters (lactones) is 1. The van der Waals surface area contributed by atoms with Crippen LogP contribution in [0.4, 0.5) is 0 Å². The molecule has 1 saturated carbocycles. The third-order valence-electron chi connectivity index (χ3n) is 11.2. The van der Waals surface area contributed by atoms with Crippen LogP contribution < -0.4 is 0 Å². The topological polar surface area (TPSA) is 110 Å². The summed E-state index contributed by atoms with van der Waals surface area (Å²) in [5.74, 6) is -0.289. The summed E-state index contributed by atoms with van der Waals surface area (Å²) < 4.78 is 36.6. The highest BCUT2D eigenvalue weighted by molar-refractivity contribution is 5.99. The quantitative estimate of drug-likeness (QED) is 0.318. The van der Waals surface area contributed by atoms with E-state index in [4.69, 9.17) is 28.4 Å². The molecule has 2 heterocycles. The number of esters is 1. The molecule has 0 amide bonds. The van der Waals surface area contributed by atoms with Crippen LogP contribution >= 0.6 is 0 Å². The summed E-state index contributed by atoms with van der Waals surface area (Å²) in [5, 5.41) is 10.9. The van der Waals surface area contributed by atoms with E-state index in [1.54, 1.807) is 14.2 Å². The number of Topliss-reactive ketones (excluding diaryl/α,β-unsaturated/α-hetero) is 1. The Balaban J connectivity index is 1.37. The Kier molecular flexibility index (Phi) is 11.1. The molecule has 0 spiro atoms. The molecule has 0 unspecified atom stereocenters. The van der Waals surface area contributed by atoms with Gasteiger partial charge in [-0.15, -0.1) is 0 Å². The number of carbonyl (C=O) groups excluding carboxylic acids is 2. The van der Waals surface area contributed by atoms with Crippen LogP contribution in [0, 0.1) is 35.5 Å². The first-order chi connectivity index (χ1) is 21.1. The highest BCUT2D eigenvalue weighted by atomic mass is 16.7. The summed E-state index contributed by atoms with van der Waals surface area (Å²) in [4.78, 5) is 27.1. The Hall–Kier alpha value is -1.62. The molecule has 2 aliphatic heterocycles. The zero-order chi connectivity index (χ0) is 31.7. The highest BCUT2D eigenvalue weighted by Crippen LogP contribution is 2.56. The summed E-state index contributed by atoms with van der Waals surface area (Å²) in [6, 6.07) is 0. The third-order valence-corrected chi connectivity index (χ3v) is 11.2. The molecule has 14 atom stereocenters. The molecular formula is C35H54O9. The zero-order valence-electron chi connectivity index (χ0n) is 27.6. The van der Waals surface area contributed by atoms with Gasteiger partial charge >= 0.3 is 5.97 Å². The van der Waals surface area contributed by atoms with Gasteiger partial charge in [0, 0.05) is 32.7 Å². The van der Waals surface area contributed by atoms with E-state index in [2.05, 4.69) is 19.1 Å². The lowest BCUT2D eigenvalue weighted by Gasteiger charge is -2.44. The van der Waals surface area contributed by atoms with Crippen molar-refractivity contribution in [2.45, 2.75) is 129 Å². The summed E-state index contributed by atoms with van der Waals surface area (Å²) >= 11 is 0. The molecule has 2 saturated heterocycles. The van der Waals surface area contributed by atoms with Gasteiger partial charge in [0.05, 0.1) is 24.7 Å². The molecule has 9 nitrogen and oxygen atoms in total. The smallest absolute Gasteiger partial charge is 0.306 e. The van der Waals surface area contributed by atoms with Crippen LogP contribution in [0.3, 0.4) is 0 Å². The van der Waals surface area contributed by atoms with Gasteiger partial charge in [-0.1, -0.05) is 31.6 Å². The molecule has 1 N–H and O–H groups in total. The molecular weight excluding hydrogens is 564 g/mol. The Labute approximate surface area is 263 Å². The average molecular weight is 619 g/mol. The fourth-order valence-corrected chi connectivity index (χ4v) is 8.80. The molecule has 3 fully saturated rings. The zero-order valence-corrected chi connectivity index (χ0v) is 27.6. The van der Waals surface area contributed by atoms with Gasteiger partial charge in [0.15, 0.2) is 12.1 Å². The van der Waals surface area contributed by atoms with Gasteiger partial charge in [-0.2, -0.15) is 0 Å². The maximum absolute atomic E-state index is 13.9. The van der Waals surface area contributed by atoms with Crippen LogP contribution in [0.1, 0.15) is 79.6 Å². The van der Waals surface area contributed by atoms with Gasteiger partial charge < -0.3 is 33.5 Å². The number of rotatable bonds is 7. The summed E-state index contributed by atoms with van der Waals surface area (Å²) in [5.41, 5.74) is 1.98. The van der Waals surface area contributed by atoms with Crippen LogP contribution in [0.5, 0.6) is 0 Å². The predicted molar refractivity (Wildman–Crippen MR) is 164 cm³/mol. The van der Waals surface area contributed by atoms with E-state index in [0.717, 1.165) is 25.7 Å². The maximum Gasteiger partial charge on any atom is 0.306 e. The lowest BCUT2D eigenvalue weighted by atomic mass is 9.67. The van der Waals surface area contributed by atoms with E-state index in [-0.39, 0.29) is 72.4 Å². The van der Waals surface area contributed by atoms with Crippen LogP contribution in [-0.4, -0.2) is 86.7 Å². The van der Waals surface area contributed by atoms with Crippen molar-refractivity contribution in [3.05, 3.63) is 23.3 Å². The van der Waals surface area contributed by atoms with Crippen molar-refractivity contribution in [1.29, 1.82) is 0 Å². The van der Waals surface area contributed by atoms with Gasteiger partial charge in [0.1, 0.15) is 24.4 Å². The minimum atomic E-state index is -0.710. The lowest BCUT2D eigenvalue weighted by molar-refractivity contribution is -0.317. The van der Waals surface area contributed by atoms with E-state index in [0.29, 0.717) is 30.9 Å². The van der Waals surface area contributed by atoms with Gasteiger partial charge in [-0.3, -0.25) is 9.59 Å². The minimum Gasteiger partial charge on any atom is -0.462 e. The molecule has 248 valence electrons. The number of fused-ring (bicyclic) bond motifs is 5. The standard InChI is InChI=1S/C35H54O9/c1-8-21-11-10-12-29(36)19(4)31(38)28-16-26-24(27(28)17-30(37)43-21)13-18(3)23-14-22(15-25(23)26)44-35-34(40-7)33(41-9-2)32(39-6)20(5)42-35/h13,16,19-27,29,32-36H,8-12,14-15,17H2,1-7H3/t19-,20+,21+,22-,23+,24-,25-,26-,27+,29+,32+,33-,34-,35+/m1/s1. The van der Waals surface area contributed by atoms with Gasteiger partial charge in [0.25, 0.3) is 0 Å². The second-order valence-electron chi connectivity index (χ2n) is 13.7. The number of hydrogen-bond acceptors (Lipinski definition) is 9. The van der Waals surface area contributed by atoms with Crippen molar-refractivity contribution in [2.24, 2.45) is 35.5 Å². The largest absolute Gasteiger partial charge is 0.462 e. The minimum absolute atomic E-state index is 0.0343. The predicted octanol–water partition coefficient (Wildman–Crippen LogP) is 4.79. The maximum atomic E-state index is 13.9. The molecule has 5 rings (SSSR count). The summed E-state index contributed by atoms with van der Waals surface area (Å²) in [6.45, 7) is 10.5. The van der Waals surface area contributed by atoms with Crippen molar-refractivity contribution < 1.29 is 43.1 Å². The molecule has 0 bridgehead atoms.